The average Bonchev–Trinajstić information content (AvgIpc) is 3.10. The molecule has 0 aliphatic carbocycles. The summed E-state index contributed by atoms with van der Waals surface area (Å²) in [7, 11) is 0. The molecule has 0 aromatic heterocycles. The minimum Gasteiger partial charge on any atom is -0.346 e. The van der Waals surface area contributed by atoms with Crippen molar-refractivity contribution in [2.75, 3.05) is 11.5 Å². The monoisotopic (exact) mass is 329 g/mol. The molecule has 2 nitrogen and oxygen atoms in total. The molecule has 1 heterocycles. The zero-order valence-electron chi connectivity index (χ0n) is 12.5. The molecule has 1 aliphatic heterocycles. The summed E-state index contributed by atoms with van der Waals surface area (Å²) in [5.74, 6) is 2.41. The number of benzene rings is 2. The molecule has 0 spiro atoms. The molecular weight excluding hydrogens is 310 g/mol. The first-order valence-corrected chi connectivity index (χ1v) is 9.53. The van der Waals surface area contributed by atoms with Crippen LogP contribution in [0, 0.1) is 0 Å². The van der Waals surface area contributed by atoms with Crippen molar-refractivity contribution < 1.29 is 4.79 Å². The normalized spacial score (nSPS) is 16.4. The fourth-order valence-electron chi connectivity index (χ4n) is 2.45. The second-order valence-corrected chi connectivity index (χ2v) is 8.03. The standard InChI is InChI=1S/C18H19NOS2/c1-13(14-5-3-2-4-6-14)19-17(20)15-7-9-16(10-8-15)18-21-11-12-22-18/h2-10,13,18H,11-12H2,1H3,(H,19,20)/t13-/m1/s1. The number of rotatable bonds is 4. The Morgan fingerprint density at radius 1 is 1.05 bits per heavy atom. The molecule has 1 saturated heterocycles. The molecule has 114 valence electrons. The zero-order valence-corrected chi connectivity index (χ0v) is 14.1. The Hall–Kier alpha value is -1.39. The van der Waals surface area contributed by atoms with Crippen molar-refractivity contribution in [3.05, 3.63) is 71.3 Å². The summed E-state index contributed by atoms with van der Waals surface area (Å²) in [6.07, 6.45) is 0. The molecule has 4 heteroatoms. The number of amides is 1. The predicted molar refractivity (Wildman–Crippen MR) is 96.4 cm³/mol. The highest BCUT2D eigenvalue weighted by molar-refractivity contribution is 8.19. The van der Waals surface area contributed by atoms with E-state index in [1.54, 1.807) is 0 Å². The molecule has 1 atom stereocenters. The predicted octanol–water partition coefficient (Wildman–Crippen LogP) is 4.66. The first kappa shape index (κ1) is 15.5. The van der Waals surface area contributed by atoms with Crippen molar-refractivity contribution >= 4 is 29.4 Å². The maximum absolute atomic E-state index is 12.3. The molecule has 22 heavy (non-hydrogen) atoms. The van der Waals surface area contributed by atoms with Gasteiger partial charge >= 0.3 is 0 Å². The molecular formula is C18H19NOS2. The maximum atomic E-state index is 12.3. The third-order valence-corrected chi connectivity index (χ3v) is 6.82. The molecule has 0 unspecified atom stereocenters. The highest BCUT2D eigenvalue weighted by Crippen LogP contribution is 2.45. The third-order valence-electron chi connectivity index (χ3n) is 3.71. The molecule has 2 aromatic rings. The Bertz CT molecular complexity index is 621. The van der Waals surface area contributed by atoms with E-state index in [1.165, 1.54) is 17.1 Å². The zero-order chi connectivity index (χ0) is 15.4. The van der Waals surface area contributed by atoms with Crippen LogP contribution in [0.3, 0.4) is 0 Å². The minimum atomic E-state index is -0.0189. The SMILES string of the molecule is C[C@@H](NC(=O)c1ccc(C2SCCS2)cc1)c1ccccc1. The Morgan fingerprint density at radius 3 is 2.32 bits per heavy atom. The Balaban J connectivity index is 1.64. The van der Waals surface area contributed by atoms with E-state index in [2.05, 4.69) is 17.4 Å². The van der Waals surface area contributed by atoms with Crippen molar-refractivity contribution in [1.29, 1.82) is 0 Å². The second-order valence-electron chi connectivity index (χ2n) is 5.30. The molecule has 0 saturated carbocycles. The molecule has 0 bridgehead atoms. The summed E-state index contributed by atoms with van der Waals surface area (Å²) in [4.78, 5) is 12.3. The first-order valence-electron chi connectivity index (χ1n) is 7.43. The van der Waals surface area contributed by atoms with E-state index < -0.39 is 0 Å². The van der Waals surface area contributed by atoms with E-state index in [9.17, 15) is 4.79 Å². The van der Waals surface area contributed by atoms with Crippen LogP contribution in [0.25, 0.3) is 0 Å². The van der Waals surface area contributed by atoms with Gasteiger partial charge < -0.3 is 5.32 Å². The van der Waals surface area contributed by atoms with Gasteiger partial charge in [0.15, 0.2) is 0 Å². The molecule has 1 aliphatic rings. The highest BCUT2D eigenvalue weighted by Gasteiger charge is 2.18. The second kappa shape index (κ2) is 7.25. The fourth-order valence-corrected chi connectivity index (χ4v) is 5.31. The number of thioether (sulfide) groups is 2. The summed E-state index contributed by atoms with van der Waals surface area (Å²) in [5.41, 5.74) is 3.14. The number of nitrogens with one attached hydrogen (secondary N) is 1. The Kier molecular flexibility index (Phi) is 5.11. The number of carbonyl (C=O) groups is 1. The van der Waals surface area contributed by atoms with E-state index in [4.69, 9.17) is 0 Å². The van der Waals surface area contributed by atoms with Crippen LogP contribution in [0.5, 0.6) is 0 Å². The fraction of sp³-hybridized carbons (Fsp3) is 0.278. The average molecular weight is 329 g/mol. The summed E-state index contributed by atoms with van der Waals surface area (Å²) in [6, 6.07) is 18.1. The van der Waals surface area contributed by atoms with Crippen LogP contribution < -0.4 is 5.32 Å². The molecule has 1 fully saturated rings. The lowest BCUT2D eigenvalue weighted by atomic mass is 10.1. The van der Waals surface area contributed by atoms with E-state index in [1.807, 2.05) is 72.9 Å². The van der Waals surface area contributed by atoms with Gasteiger partial charge in [0.1, 0.15) is 0 Å². The van der Waals surface area contributed by atoms with Crippen molar-refractivity contribution in [3.8, 4) is 0 Å². The van der Waals surface area contributed by atoms with Gasteiger partial charge in [0.2, 0.25) is 0 Å². The lowest BCUT2D eigenvalue weighted by Gasteiger charge is -2.15. The van der Waals surface area contributed by atoms with Gasteiger partial charge in [-0.2, -0.15) is 0 Å². The minimum absolute atomic E-state index is 0.00863. The van der Waals surface area contributed by atoms with Crippen molar-refractivity contribution in [2.24, 2.45) is 0 Å². The molecule has 2 aromatic carbocycles. The number of hydrogen-bond donors (Lipinski definition) is 1. The van der Waals surface area contributed by atoms with E-state index in [0.29, 0.717) is 4.58 Å². The molecule has 3 rings (SSSR count). The van der Waals surface area contributed by atoms with E-state index >= 15 is 0 Å². The molecule has 1 amide bonds. The van der Waals surface area contributed by atoms with Crippen molar-refractivity contribution in [1.82, 2.24) is 5.32 Å². The van der Waals surface area contributed by atoms with Gasteiger partial charge in [-0.1, -0.05) is 42.5 Å². The van der Waals surface area contributed by atoms with Crippen LogP contribution >= 0.6 is 23.5 Å². The van der Waals surface area contributed by atoms with Gasteiger partial charge in [-0.15, -0.1) is 23.5 Å². The molecule has 1 N–H and O–H groups in total. The summed E-state index contributed by atoms with van der Waals surface area (Å²) in [5, 5.41) is 3.05. The van der Waals surface area contributed by atoms with Crippen molar-refractivity contribution in [3.63, 3.8) is 0 Å². The Labute approximate surface area is 140 Å². The van der Waals surface area contributed by atoms with E-state index in [0.717, 1.165) is 11.1 Å². The quantitative estimate of drug-likeness (QED) is 0.885. The van der Waals surface area contributed by atoms with Gasteiger partial charge in [0, 0.05) is 17.1 Å². The summed E-state index contributed by atoms with van der Waals surface area (Å²) < 4.78 is 0.528. The van der Waals surface area contributed by atoms with Gasteiger partial charge in [-0.05, 0) is 30.2 Å². The number of hydrogen-bond acceptors (Lipinski definition) is 3. The van der Waals surface area contributed by atoms with Gasteiger partial charge in [-0.25, -0.2) is 0 Å². The summed E-state index contributed by atoms with van der Waals surface area (Å²) in [6.45, 7) is 2.01. The van der Waals surface area contributed by atoms with Crippen molar-refractivity contribution in [2.45, 2.75) is 17.5 Å². The van der Waals surface area contributed by atoms with Crippen LogP contribution in [-0.2, 0) is 0 Å². The van der Waals surface area contributed by atoms with Gasteiger partial charge in [0.25, 0.3) is 5.91 Å². The smallest absolute Gasteiger partial charge is 0.251 e. The van der Waals surface area contributed by atoms with Gasteiger partial charge in [0.05, 0.1) is 10.6 Å². The van der Waals surface area contributed by atoms with Crippen LogP contribution in [0.1, 0.15) is 39.0 Å². The van der Waals surface area contributed by atoms with Gasteiger partial charge in [-0.3, -0.25) is 4.79 Å². The molecule has 0 radical (unpaired) electrons. The maximum Gasteiger partial charge on any atom is 0.251 e. The Morgan fingerprint density at radius 2 is 1.68 bits per heavy atom. The first-order chi connectivity index (χ1) is 10.7. The van der Waals surface area contributed by atoms with E-state index in [-0.39, 0.29) is 11.9 Å². The highest BCUT2D eigenvalue weighted by atomic mass is 32.2. The largest absolute Gasteiger partial charge is 0.346 e. The van der Waals surface area contributed by atoms with Crippen LogP contribution in [0.2, 0.25) is 0 Å². The lowest BCUT2D eigenvalue weighted by Crippen LogP contribution is -2.26. The summed E-state index contributed by atoms with van der Waals surface area (Å²) >= 11 is 3.96. The topological polar surface area (TPSA) is 29.1 Å². The number of carbonyl (C=O) groups excluding carboxylic acids is 1. The van der Waals surface area contributed by atoms with Crippen LogP contribution in [0.15, 0.2) is 54.6 Å². The third kappa shape index (κ3) is 3.68. The van der Waals surface area contributed by atoms with Crippen LogP contribution in [-0.4, -0.2) is 17.4 Å². The van der Waals surface area contributed by atoms with Crippen LogP contribution in [0.4, 0.5) is 0 Å². The lowest BCUT2D eigenvalue weighted by molar-refractivity contribution is 0.0940.